The van der Waals surface area contributed by atoms with E-state index in [0.29, 0.717) is 13.2 Å². The van der Waals surface area contributed by atoms with Crippen molar-refractivity contribution in [1.82, 2.24) is 15.3 Å². The maximum atomic E-state index is 5.56. The van der Waals surface area contributed by atoms with Crippen LogP contribution in [0.25, 0.3) is 11.0 Å². The number of aromatic amines is 1. The van der Waals surface area contributed by atoms with Crippen LogP contribution in [0.3, 0.4) is 0 Å². The van der Waals surface area contributed by atoms with Crippen molar-refractivity contribution in [3.63, 3.8) is 0 Å². The van der Waals surface area contributed by atoms with Crippen LogP contribution >= 0.6 is 0 Å². The molecule has 0 radical (unpaired) electrons. The molecular weight excluding hydrogens is 302 g/mol. The van der Waals surface area contributed by atoms with Crippen LogP contribution in [0.5, 0.6) is 11.5 Å². The van der Waals surface area contributed by atoms with Crippen LogP contribution in [0.4, 0.5) is 0 Å². The summed E-state index contributed by atoms with van der Waals surface area (Å²) in [5.74, 6) is 2.37. The zero-order valence-electron chi connectivity index (χ0n) is 13.7. The Kier molecular flexibility index (Phi) is 5.13. The minimum Gasteiger partial charge on any atom is -0.493 e. The van der Waals surface area contributed by atoms with Crippen LogP contribution in [0.2, 0.25) is 0 Å². The summed E-state index contributed by atoms with van der Waals surface area (Å²) in [7, 11) is 1.64. The van der Waals surface area contributed by atoms with Crippen molar-refractivity contribution in [2.45, 2.75) is 13.1 Å². The second-order valence-electron chi connectivity index (χ2n) is 5.39. The van der Waals surface area contributed by atoms with Gasteiger partial charge in [0.25, 0.3) is 0 Å². The summed E-state index contributed by atoms with van der Waals surface area (Å²) in [6, 6.07) is 13.9. The molecule has 1 aromatic heterocycles. The number of imidazole rings is 1. The molecule has 24 heavy (non-hydrogen) atoms. The lowest BCUT2D eigenvalue weighted by molar-refractivity contribution is 0.326. The minimum atomic E-state index is 0.458. The molecule has 3 aromatic rings. The summed E-state index contributed by atoms with van der Waals surface area (Å²) in [5.41, 5.74) is 3.16. The van der Waals surface area contributed by atoms with E-state index < -0.39 is 0 Å². The molecule has 0 fully saturated rings. The first-order valence-electron chi connectivity index (χ1n) is 7.85. The Hall–Kier alpha value is -2.79. The molecule has 0 aliphatic carbocycles. The van der Waals surface area contributed by atoms with E-state index in [2.05, 4.69) is 21.9 Å². The average Bonchev–Trinajstić information content (AvgIpc) is 3.03. The van der Waals surface area contributed by atoms with Crippen LogP contribution in [0.1, 0.15) is 11.4 Å². The molecule has 0 unspecified atom stereocenters. The van der Waals surface area contributed by atoms with Gasteiger partial charge in [0.1, 0.15) is 12.4 Å². The van der Waals surface area contributed by atoms with Gasteiger partial charge in [0, 0.05) is 6.54 Å². The zero-order chi connectivity index (χ0) is 16.8. The summed E-state index contributed by atoms with van der Waals surface area (Å²) in [6.45, 7) is 5.50. The number of fused-ring (bicyclic) bond motifs is 1. The van der Waals surface area contributed by atoms with E-state index in [1.165, 1.54) is 0 Å². The number of rotatable bonds is 8. The van der Waals surface area contributed by atoms with Crippen LogP contribution in [-0.4, -0.2) is 23.7 Å². The lowest BCUT2D eigenvalue weighted by atomic mass is 10.2. The lowest BCUT2D eigenvalue weighted by Crippen LogP contribution is -2.13. The Morgan fingerprint density at radius 1 is 1.17 bits per heavy atom. The lowest BCUT2D eigenvalue weighted by Gasteiger charge is -2.11. The fraction of sp³-hybridized carbons (Fsp3) is 0.211. The highest BCUT2D eigenvalue weighted by molar-refractivity contribution is 5.74. The van der Waals surface area contributed by atoms with Gasteiger partial charge in [-0.3, -0.25) is 0 Å². The third kappa shape index (κ3) is 3.75. The molecule has 124 valence electrons. The van der Waals surface area contributed by atoms with Crippen molar-refractivity contribution < 1.29 is 9.47 Å². The van der Waals surface area contributed by atoms with Crippen molar-refractivity contribution in [1.29, 1.82) is 0 Å². The van der Waals surface area contributed by atoms with Gasteiger partial charge >= 0.3 is 0 Å². The van der Waals surface area contributed by atoms with E-state index in [0.717, 1.165) is 40.5 Å². The average molecular weight is 323 g/mol. The summed E-state index contributed by atoms with van der Waals surface area (Å²) in [6.07, 6.45) is 1.71. The highest BCUT2D eigenvalue weighted by Crippen LogP contribution is 2.28. The van der Waals surface area contributed by atoms with Crippen molar-refractivity contribution in [2.24, 2.45) is 0 Å². The van der Waals surface area contributed by atoms with Crippen molar-refractivity contribution in [3.8, 4) is 11.5 Å². The molecule has 0 spiro atoms. The molecule has 0 aliphatic heterocycles. The first-order chi connectivity index (χ1) is 11.8. The van der Waals surface area contributed by atoms with Gasteiger partial charge in [0.05, 0.1) is 24.7 Å². The standard InChI is InChI=1S/C19H21N3O2/c1-3-10-24-17-9-8-14(11-18(17)23-2)12-20-13-19-21-15-6-4-5-7-16(15)22-19/h3-9,11,20H,1,10,12-13H2,2H3,(H,21,22). The number of para-hydroxylation sites is 2. The number of hydrogen-bond donors (Lipinski definition) is 2. The van der Waals surface area contributed by atoms with Crippen LogP contribution in [0.15, 0.2) is 55.1 Å². The van der Waals surface area contributed by atoms with Gasteiger partial charge in [-0.1, -0.05) is 30.9 Å². The second-order valence-corrected chi connectivity index (χ2v) is 5.39. The van der Waals surface area contributed by atoms with E-state index in [1.54, 1.807) is 13.2 Å². The van der Waals surface area contributed by atoms with Gasteiger partial charge < -0.3 is 19.8 Å². The first kappa shape index (κ1) is 16.1. The quantitative estimate of drug-likeness (QED) is 0.624. The Bertz CT molecular complexity index is 793. The van der Waals surface area contributed by atoms with Crippen LogP contribution < -0.4 is 14.8 Å². The van der Waals surface area contributed by atoms with Gasteiger partial charge in [-0.05, 0) is 29.8 Å². The third-order valence-corrected chi connectivity index (χ3v) is 3.64. The maximum absolute atomic E-state index is 5.56. The Labute approximate surface area is 141 Å². The summed E-state index contributed by atoms with van der Waals surface area (Å²) >= 11 is 0. The largest absolute Gasteiger partial charge is 0.493 e. The van der Waals surface area contributed by atoms with Gasteiger partial charge in [-0.25, -0.2) is 4.98 Å². The first-order valence-corrected chi connectivity index (χ1v) is 7.85. The highest BCUT2D eigenvalue weighted by atomic mass is 16.5. The zero-order valence-corrected chi connectivity index (χ0v) is 13.7. The Balaban J connectivity index is 1.60. The van der Waals surface area contributed by atoms with Gasteiger partial charge in [0.2, 0.25) is 0 Å². The number of aromatic nitrogens is 2. The molecule has 5 nitrogen and oxygen atoms in total. The molecule has 3 rings (SSSR count). The second kappa shape index (κ2) is 7.66. The predicted molar refractivity (Wildman–Crippen MR) is 95.3 cm³/mol. The molecule has 2 aromatic carbocycles. The van der Waals surface area contributed by atoms with Crippen LogP contribution in [0, 0.1) is 0 Å². The highest BCUT2D eigenvalue weighted by Gasteiger charge is 2.06. The topological polar surface area (TPSA) is 59.2 Å². The van der Waals surface area contributed by atoms with Crippen molar-refractivity contribution in [2.75, 3.05) is 13.7 Å². The number of nitrogens with one attached hydrogen (secondary N) is 2. The molecule has 0 bridgehead atoms. The Morgan fingerprint density at radius 2 is 2.04 bits per heavy atom. The predicted octanol–water partition coefficient (Wildman–Crippen LogP) is 3.43. The normalized spacial score (nSPS) is 10.7. The fourth-order valence-electron chi connectivity index (χ4n) is 2.50. The van der Waals surface area contributed by atoms with Crippen molar-refractivity contribution >= 4 is 11.0 Å². The SMILES string of the molecule is C=CCOc1ccc(CNCc2nc3ccccc3[nH]2)cc1OC. The van der Waals surface area contributed by atoms with E-state index in [-0.39, 0.29) is 0 Å². The molecule has 0 atom stereocenters. The smallest absolute Gasteiger partial charge is 0.161 e. The Morgan fingerprint density at radius 3 is 2.83 bits per heavy atom. The van der Waals surface area contributed by atoms with Gasteiger partial charge in [-0.2, -0.15) is 0 Å². The number of H-pyrrole nitrogens is 1. The molecule has 0 amide bonds. The van der Waals surface area contributed by atoms with Crippen LogP contribution in [-0.2, 0) is 13.1 Å². The monoisotopic (exact) mass is 323 g/mol. The van der Waals surface area contributed by atoms with E-state index in [1.807, 2.05) is 42.5 Å². The third-order valence-electron chi connectivity index (χ3n) is 3.64. The molecule has 0 saturated heterocycles. The van der Waals surface area contributed by atoms with Crippen molar-refractivity contribution in [3.05, 3.63) is 66.5 Å². The molecule has 2 N–H and O–H groups in total. The summed E-state index contributed by atoms with van der Waals surface area (Å²) < 4.78 is 10.9. The number of hydrogen-bond acceptors (Lipinski definition) is 4. The molecular formula is C19H21N3O2. The molecule has 1 heterocycles. The molecule has 0 aliphatic rings. The minimum absolute atomic E-state index is 0.458. The fourth-order valence-corrected chi connectivity index (χ4v) is 2.50. The number of nitrogens with zero attached hydrogens (tertiary/aromatic N) is 1. The molecule has 0 saturated carbocycles. The number of methoxy groups -OCH3 is 1. The van der Waals surface area contributed by atoms with E-state index in [9.17, 15) is 0 Å². The maximum Gasteiger partial charge on any atom is 0.161 e. The van der Waals surface area contributed by atoms with Gasteiger partial charge in [-0.15, -0.1) is 0 Å². The number of benzene rings is 2. The molecule has 5 heteroatoms. The summed E-state index contributed by atoms with van der Waals surface area (Å²) in [5, 5.41) is 3.39. The van der Waals surface area contributed by atoms with Gasteiger partial charge in [0.15, 0.2) is 11.5 Å². The van der Waals surface area contributed by atoms with E-state index >= 15 is 0 Å². The van der Waals surface area contributed by atoms with E-state index in [4.69, 9.17) is 9.47 Å². The number of ether oxygens (including phenoxy) is 2. The summed E-state index contributed by atoms with van der Waals surface area (Å²) in [4.78, 5) is 7.86.